The molecule has 0 saturated heterocycles. The van der Waals surface area contributed by atoms with E-state index in [1.807, 2.05) is 65.2 Å². The van der Waals surface area contributed by atoms with Crippen molar-refractivity contribution in [2.24, 2.45) is 5.73 Å². The van der Waals surface area contributed by atoms with E-state index in [9.17, 15) is 4.79 Å². The normalized spacial score (nSPS) is 11.9. The van der Waals surface area contributed by atoms with Crippen LogP contribution in [0, 0.1) is 0 Å². The molecule has 150 valence electrons. The second-order valence-electron chi connectivity index (χ2n) is 6.41. The zero-order valence-electron chi connectivity index (χ0n) is 15.6. The Morgan fingerprint density at radius 1 is 0.933 bits per heavy atom. The lowest BCUT2D eigenvalue weighted by atomic mass is 10.1. The Morgan fingerprint density at radius 2 is 1.60 bits per heavy atom. The summed E-state index contributed by atoms with van der Waals surface area (Å²) in [5.74, 6) is 0.0848. The summed E-state index contributed by atoms with van der Waals surface area (Å²) in [5.41, 5.74) is 8.02. The van der Waals surface area contributed by atoms with Crippen LogP contribution < -0.4 is 5.73 Å². The molecule has 1 amide bonds. The van der Waals surface area contributed by atoms with Gasteiger partial charge in [-0.05, 0) is 35.9 Å². The number of nitrogens with two attached hydrogens (primary N) is 1. The first-order valence-corrected chi connectivity index (χ1v) is 10.7. The molecule has 30 heavy (non-hydrogen) atoms. The highest BCUT2D eigenvalue weighted by molar-refractivity contribution is 8.00. The van der Waals surface area contributed by atoms with Gasteiger partial charge >= 0.3 is 0 Å². The van der Waals surface area contributed by atoms with Crippen molar-refractivity contribution >= 4 is 40.9 Å². The third-order valence-electron chi connectivity index (χ3n) is 4.40. The van der Waals surface area contributed by atoms with Crippen LogP contribution in [-0.2, 0) is 4.79 Å². The van der Waals surface area contributed by atoms with E-state index in [4.69, 9.17) is 28.9 Å². The number of primary amides is 1. The van der Waals surface area contributed by atoms with Crippen molar-refractivity contribution in [3.8, 4) is 17.1 Å². The summed E-state index contributed by atoms with van der Waals surface area (Å²) < 4.78 is 1.86. The highest BCUT2D eigenvalue weighted by atomic mass is 35.5. The second-order valence-corrected chi connectivity index (χ2v) is 8.33. The van der Waals surface area contributed by atoms with E-state index in [0.29, 0.717) is 26.6 Å². The first-order valence-electron chi connectivity index (χ1n) is 9.02. The average molecular weight is 455 g/mol. The number of halogens is 2. The zero-order chi connectivity index (χ0) is 21.1. The summed E-state index contributed by atoms with van der Waals surface area (Å²) >= 11 is 13.7. The lowest BCUT2D eigenvalue weighted by Crippen LogP contribution is -2.19. The summed E-state index contributed by atoms with van der Waals surface area (Å²) in [6.45, 7) is 0. The van der Waals surface area contributed by atoms with Crippen molar-refractivity contribution in [2.45, 2.75) is 10.4 Å². The molecule has 1 aromatic heterocycles. The van der Waals surface area contributed by atoms with Crippen LogP contribution in [0.2, 0.25) is 10.0 Å². The van der Waals surface area contributed by atoms with Gasteiger partial charge in [0.15, 0.2) is 11.0 Å². The Morgan fingerprint density at radius 3 is 2.23 bits per heavy atom. The lowest BCUT2D eigenvalue weighted by Gasteiger charge is -2.15. The molecular weight excluding hydrogens is 439 g/mol. The number of carbonyl (C=O) groups is 1. The van der Waals surface area contributed by atoms with Gasteiger partial charge < -0.3 is 5.73 Å². The number of para-hydroxylation sites is 1. The Kier molecular flexibility index (Phi) is 6.08. The molecule has 3 aromatic carbocycles. The van der Waals surface area contributed by atoms with Crippen LogP contribution in [0.1, 0.15) is 10.8 Å². The maximum atomic E-state index is 12.2. The van der Waals surface area contributed by atoms with Gasteiger partial charge in [0.05, 0.1) is 5.02 Å². The second kappa shape index (κ2) is 8.92. The summed E-state index contributed by atoms with van der Waals surface area (Å²) in [6.07, 6.45) is 0. The van der Waals surface area contributed by atoms with Gasteiger partial charge in [-0.1, -0.05) is 83.5 Å². The average Bonchev–Trinajstić information content (AvgIpc) is 3.16. The van der Waals surface area contributed by atoms with Gasteiger partial charge in [0.1, 0.15) is 5.25 Å². The molecule has 8 heteroatoms. The van der Waals surface area contributed by atoms with E-state index >= 15 is 0 Å². The summed E-state index contributed by atoms with van der Waals surface area (Å²) in [6, 6.07) is 24.2. The summed E-state index contributed by atoms with van der Waals surface area (Å²) in [4.78, 5) is 12.2. The van der Waals surface area contributed by atoms with Crippen molar-refractivity contribution < 1.29 is 4.79 Å². The number of rotatable bonds is 6. The van der Waals surface area contributed by atoms with E-state index in [2.05, 4.69) is 10.2 Å². The number of amides is 1. The van der Waals surface area contributed by atoms with Crippen molar-refractivity contribution in [3.05, 3.63) is 94.5 Å². The van der Waals surface area contributed by atoms with Gasteiger partial charge in [0, 0.05) is 16.3 Å². The quantitative estimate of drug-likeness (QED) is 0.387. The fraction of sp³-hybridized carbons (Fsp3) is 0.0455. The van der Waals surface area contributed by atoms with Crippen LogP contribution in [0.15, 0.2) is 84.0 Å². The molecule has 0 bridgehead atoms. The minimum atomic E-state index is -0.619. The smallest absolute Gasteiger partial charge is 0.235 e. The van der Waals surface area contributed by atoms with E-state index in [1.54, 1.807) is 18.2 Å². The SMILES string of the molecule is NC(=O)[C@H](Sc1nnc(-c2ccc(Cl)cc2Cl)n1-c1ccccc1)c1ccccc1. The van der Waals surface area contributed by atoms with Crippen LogP contribution in [-0.4, -0.2) is 20.7 Å². The molecule has 4 aromatic rings. The Labute approximate surface area is 187 Å². The van der Waals surface area contributed by atoms with Crippen LogP contribution in [0.25, 0.3) is 17.1 Å². The van der Waals surface area contributed by atoms with Crippen molar-refractivity contribution in [3.63, 3.8) is 0 Å². The fourth-order valence-electron chi connectivity index (χ4n) is 3.02. The van der Waals surface area contributed by atoms with Crippen molar-refractivity contribution in [2.75, 3.05) is 0 Å². The molecule has 0 unspecified atom stereocenters. The highest BCUT2D eigenvalue weighted by Crippen LogP contribution is 2.38. The summed E-state index contributed by atoms with van der Waals surface area (Å²) in [7, 11) is 0. The largest absolute Gasteiger partial charge is 0.368 e. The van der Waals surface area contributed by atoms with Crippen LogP contribution >= 0.6 is 35.0 Å². The van der Waals surface area contributed by atoms with Gasteiger partial charge in [-0.2, -0.15) is 0 Å². The maximum Gasteiger partial charge on any atom is 0.235 e. The molecule has 0 aliphatic rings. The summed E-state index contributed by atoms with van der Waals surface area (Å²) in [5, 5.41) is 9.62. The third kappa shape index (κ3) is 4.21. The first kappa shape index (κ1) is 20.5. The highest BCUT2D eigenvalue weighted by Gasteiger charge is 2.25. The number of nitrogens with zero attached hydrogens (tertiary/aromatic N) is 3. The molecule has 0 aliphatic heterocycles. The minimum absolute atomic E-state index is 0.457. The molecule has 1 heterocycles. The van der Waals surface area contributed by atoms with Crippen molar-refractivity contribution in [1.29, 1.82) is 0 Å². The van der Waals surface area contributed by atoms with E-state index in [1.165, 1.54) is 11.8 Å². The molecule has 1 atom stereocenters. The van der Waals surface area contributed by atoms with E-state index < -0.39 is 11.2 Å². The molecule has 0 fully saturated rings. The number of aromatic nitrogens is 3. The van der Waals surface area contributed by atoms with Gasteiger partial charge in [-0.25, -0.2) is 0 Å². The Balaban J connectivity index is 1.84. The Bertz CT molecular complexity index is 1180. The van der Waals surface area contributed by atoms with Gasteiger partial charge in [-0.3, -0.25) is 9.36 Å². The Hall–Kier alpha value is -2.80. The first-order chi connectivity index (χ1) is 14.5. The zero-order valence-corrected chi connectivity index (χ0v) is 17.9. The number of hydrogen-bond donors (Lipinski definition) is 1. The van der Waals surface area contributed by atoms with Gasteiger partial charge in [0.25, 0.3) is 0 Å². The predicted molar refractivity (Wildman–Crippen MR) is 121 cm³/mol. The molecule has 2 N–H and O–H groups in total. The number of thioether (sulfide) groups is 1. The predicted octanol–water partition coefficient (Wildman–Crippen LogP) is 5.56. The van der Waals surface area contributed by atoms with Gasteiger partial charge in [-0.15, -0.1) is 10.2 Å². The minimum Gasteiger partial charge on any atom is -0.368 e. The molecule has 0 aliphatic carbocycles. The topological polar surface area (TPSA) is 73.8 Å². The number of carbonyl (C=O) groups excluding carboxylic acids is 1. The number of benzene rings is 3. The monoisotopic (exact) mass is 454 g/mol. The van der Waals surface area contributed by atoms with Crippen LogP contribution in [0.5, 0.6) is 0 Å². The maximum absolute atomic E-state index is 12.2. The molecule has 0 saturated carbocycles. The standard InChI is InChI=1S/C22H16Cl2N4OS/c23-15-11-12-17(18(24)13-15)21-26-27-22(28(21)16-9-5-2-6-10-16)30-19(20(25)29)14-7-3-1-4-8-14/h1-13,19H,(H2,25,29)/t19-/m1/s1. The van der Waals surface area contributed by atoms with Crippen molar-refractivity contribution in [1.82, 2.24) is 14.8 Å². The molecule has 0 radical (unpaired) electrons. The van der Waals surface area contributed by atoms with Crippen LogP contribution in [0.4, 0.5) is 0 Å². The van der Waals surface area contributed by atoms with E-state index in [0.717, 1.165) is 11.3 Å². The molecule has 4 rings (SSSR count). The molecule has 0 spiro atoms. The lowest BCUT2D eigenvalue weighted by molar-refractivity contribution is -0.117. The fourth-order valence-corrected chi connectivity index (χ4v) is 4.52. The van der Waals surface area contributed by atoms with E-state index in [-0.39, 0.29) is 0 Å². The third-order valence-corrected chi connectivity index (χ3v) is 6.17. The van der Waals surface area contributed by atoms with Crippen LogP contribution in [0.3, 0.4) is 0 Å². The molecule has 5 nitrogen and oxygen atoms in total. The van der Waals surface area contributed by atoms with Gasteiger partial charge in [0.2, 0.25) is 5.91 Å². The number of hydrogen-bond acceptors (Lipinski definition) is 4. The molecular formula is C22H16Cl2N4OS.